The van der Waals surface area contributed by atoms with Crippen molar-refractivity contribution in [1.29, 1.82) is 0 Å². The Balaban J connectivity index is 1.10. The lowest BCUT2D eigenvalue weighted by molar-refractivity contribution is -0.133. The maximum Gasteiger partial charge on any atom is 0.237 e. The number of rotatable bonds is 7. The van der Waals surface area contributed by atoms with Crippen molar-refractivity contribution >= 4 is 17.5 Å². The molecule has 0 aromatic heterocycles. The van der Waals surface area contributed by atoms with Crippen molar-refractivity contribution in [3.05, 3.63) is 42.0 Å². The van der Waals surface area contributed by atoms with Crippen molar-refractivity contribution < 1.29 is 28.5 Å². The topological polar surface area (TPSA) is 89.6 Å². The van der Waals surface area contributed by atoms with Crippen LogP contribution >= 0.6 is 0 Å². The van der Waals surface area contributed by atoms with Gasteiger partial charge in [0.1, 0.15) is 13.2 Å². The molecule has 0 bridgehead atoms. The van der Waals surface area contributed by atoms with Gasteiger partial charge in [-0.05, 0) is 62.7 Å². The second-order valence-corrected chi connectivity index (χ2v) is 8.99. The molecule has 3 aliphatic heterocycles. The van der Waals surface area contributed by atoms with Gasteiger partial charge < -0.3 is 29.2 Å². The van der Waals surface area contributed by atoms with Gasteiger partial charge in [0.25, 0.3) is 0 Å². The van der Waals surface area contributed by atoms with Gasteiger partial charge in [-0.3, -0.25) is 14.5 Å². The zero-order valence-corrected chi connectivity index (χ0v) is 20.0. The highest BCUT2D eigenvalue weighted by Gasteiger charge is 2.27. The molecular weight excluding hydrogens is 450 g/mol. The fourth-order valence-electron chi connectivity index (χ4n) is 4.65. The molecule has 0 aliphatic carbocycles. The normalized spacial score (nSPS) is 17.2. The smallest absolute Gasteiger partial charge is 0.237 e. The number of carbonyl (C=O) groups excluding carboxylic acids is 2. The van der Waals surface area contributed by atoms with Gasteiger partial charge >= 0.3 is 0 Å². The number of piperidine rings is 1. The Bertz CT molecular complexity index is 1080. The van der Waals surface area contributed by atoms with Gasteiger partial charge in [-0.1, -0.05) is 6.07 Å². The van der Waals surface area contributed by atoms with E-state index in [1.54, 1.807) is 12.1 Å². The van der Waals surface area contributed by atoms with Crippen LogP contribution in [-0.4, -0.2) is 67.8 Å². The Hall–Kier alpha value is -3.46. The number of hydrogen-bond acceptors (Lipinski definition) is 7. The van der Waals surface area contributed by atoms with Crippen molar-refractivity contribution in [2.24, 2.45) is 5.92 Å². The molecule has 0 radical (unpaired) electrons. The Kier molecular flexibility index (Phi) is 6.94. The van der Waals surface area contributed by atoms with Gasteiger partial charge in [-0.2, -0.15) is 0 Å². The molecule has 3 aliphatic rings. The van der Waals surface area contributed by atoms with Crippen molar-refractivity contribution in [2.75, 3.05) is 51.5 Å². The number of nitrogens with one attached hydrogen (secondary N) is 1. The molecule has 5 rings (SSSR count). The van der Waals surface area contributed by atoms with Crippen LogP contribution in [0, 0.1) is 5.92 Å². The zero-order valence-electron chi connectivity index (χ0n) is 20.0. The molecule has 1 fully saturated rings. The summed E-state index contributed by atoms with van der Waals surface area (Å²) in [5, 5.41) is 2.99. The average Bonchev–Trinajstić information content (AvgIpc) is 3.35. The van der Waals surface area contributed by atoms with Gasteiger partial charge in [-0.15, -0.1) is 0 Å². The van der Waals surface area contributed by atoms with Gasteiger partial charge in [0.15, 0.2) is 23.0 Å². The van der Waals surface area contributed by atoms with Crippen LogP contribution < -0.4 is 24.3 Å². The second-order valence-electron chi connectivity index (χ2n) is 8.99. The monoisotopic (exact) mass is 481 g/mol. The summed E-state index contributed by atoms with van der Waals surface area (Å²) in [6.45, 7) is 6.23. The highest BCUT2D eigenvalue weighted by molar-refractivity contribution is 5.93. The van der Waals surface area contributed by atoms with E-state index in [-0.39, 0.29) is 24.5 Å². The van der Waals surface area contributed by atoms with E-state index < -0.39 is 0 Å². The van der Waals surface area contributed by atoms with E-state index >= 15 is 0 Å². The summed E-state index contributed by atoms with van der Waals surface area (Å²) >= 11 is 0. The first-order valence-electron chi connectivity index (χ1n) is 12.2. The Morgan fingerprint density at radius 1 is 0.943 bits per heavy atom. The number of fused-ring (bicyclic) bond motifs is 2. The van der Waals surface area contributed by atoms with Gasteiger partial charge in [0, 0.05) is 30.8 Å². The molecule has 2 amide bonds. The second kappa shape index (κ2) is 10.4. The summed E-state index contributed by atoms with van der Waals surface area (Å²) in [5.41, 5.74) is 1.72. The number of carbonyl (C=O) groups is 2. The summed E-state index contributed by atoms with van der Waals surface area (Å²) in [6.07, 6.45) is 1.44. The number of hydrogen-bond donors (Lipinski definition) is 1. The number of anilines is 1. The molecular formula is C26H31N3O6. The molecule has 2 aromatic carbocycles. The minimum atomic E-state index is -0.0771. The molecule has 0 atom stereocenters. The summed E-state index contributed by atoms with van der Waals surface area (Å²) in [4.78, 5) is 29.8. The lowest BCUT2D eigenvalue weighted by Crippen LogP contribution is -2.44. The highest BCUT2D eigenvalue weighted by Crippen LogP contribution is 2.34. The molecule has 0 spiro atoms. The van der Waals surface area contributed by atoms with Crippen LogP contribution in [0.3, 0.4) is 0 Å². The molecule has 1 N–H and O–H groups in total. The summed E-state index contributed by atoms with van der Waals surface area (Å²) in [7, 11) is 0. The third kappa shape index (κ3) is 5.45. The third-order valence-electron chi connectivity index (χ3n) is 6.67. The quantitative estimate of drug-likeness (QED) is 0.651. The first kappa shape index (κ1) is 23.3. The fourth-order valence-corrected chi connectivity index (χ4v) is 4.65. The molecule has 35 heavy (non-hydrogen) atoms. The molecule has 0 unspecified atom stereocenters. The Labute approximate surface area is 204 Å². The van der Waals surface area contributed by atoms with Crippen molar-refractivity contribution in [3.8, 4) is 23.0 Å². The van der Waals surface area contributed by atoms with Gasteiger partial charge in [-0.25, -0.2) is 0 Å². The number of likely N-dealkylation sites (tertiary alicyclic amines) is 1. The van der Waals surface area contributed by atoms with E-state index in [4.69, 9.17) is 18.9 Å². The van der Waals surface area contributed by atoms with E-state index in [1.165, 1.54) is 0 Å². The largest absolute Gasteiger partial charge is 0.486 e. The molecule has 9 heteroatoms. The summed E-state index contributed by atoms with van der Waals surface area (Å²) in [6, 6.07) is 11.2. The first-order valence-corrected chi connectivity index (χ1v) is 12.2. The van der Waals surface area contributed by atoms with Crippen LogP contribution in [0.5, 0.6) is 23.0 Å². The maximum atomic E-state index is 13.0. The average molecular weight is 482 g/mol. The standard InChI is InChI=1S/C26H31N3O6/c1-2-29(15-18-3-5-21-23(13-18)33-12-11-32-21)25(30)16-28-9-7-19(8-10-28)26(31)27-20-4-6-22-24(14-20)35-17-34-22/h3-6,13-14,19H,2,7-12,15-17H2,1H3,(H,27,31). The fraction of sp³-hybridized carbons (Fsp3) is 0.462. The minimum Gasteiger partial charge on any atom is -0.486 e. The van der Waals surface area contributed by atoms with Gasteiger partial charge in [0.05, 0.1) is 6.54 Å². The third-order valence-corrected chi connectivity index (χ3v) is 6.67. The van der Waals surface area contributed by atoms with E-state index in [0.29, 0.717) is 63.1 Å². The molecule has 0 saturated carbocycles. The number of ether oxygens (including phenoxy) is 4. The van der Waals surface area contributed by atoms with E-state index in [1.807, 2.05) is 36.1 Å². The summed E-state index contributed by atoms with van der Waals surface area (Å²) < 4.78 is 21.9. The van der Waals surface area contributed by atoms with Crippen LogP contribution in [0.15, 0.2) is 36.4 Å². The van der Waals surface area contributed by atoms with E-state index in [2.05, 4.69) is 10.2 Å². The minimum absolute atomic E-state index is 0.00337. The summed E-state index contributed by atoms with van der Waals surface area (Å²) in [5.74, 6) is 2.84. The van der Waals surface area contributed by atoms with Crippen LogP contribution in [-0.2, 0) is 16.1 Å². The molecule has 2 aromatic rings. The number of nitrogens with zero attached hydrogens (tertiary/aromatic N) is 2. The number of benzene rings is 2. The van der Waals surface area contributed by atoms with Crippen molar-refractivity contribution in [3.63, 3.8) is 0 Å². The molecule has 1 saturated heterocycles. The van der Waals surface area contributed by atoms with Gasteiger partial charge in [0.2, 0.25) is 18.6 Å². The predicted octanol–water partition coefficient (Wildman–Crippen LogP) is 2.89. The molecule has 9 nitrogen and oxygen atoms in total. The predicted molar refractivity (Wildman–Crippen MR) is 129 cm³/mol. The van der Waals surface area contributed by atoms with Crippen molar-refractivity contribution in [2.45, 2.75) is 26.3 Å². The number of likely N-dealkylation sites (N-methyl/N-ethyl adjacent to an activating group) is 1. The van der Waals surface area contributed by atoms with Crippen molar-refractivity contribution in [1.82, 2.24) is 9.80 Å². The Morgan fingerprint density at radius 2 is 1.63 bits per heavy atom. The van der Waals surface area contributed by atoms with Crippen LogP contribution in [0.2, 0.25) is 0 Å². The van der Waals surface area contributed by atoms with E-state index in [9.17, 15) is 9.59 Å². The Morgan fingerprint density at radius 3 is 2.43 bits per heavy atom. The van der Waals surface area contributed by atoms with Crippen LogP contribution in [0.4, 0.5) is 5.69 Å². The highest BCUT2D eigenvalue weighted by atomic mass is 16.7. The number of amides is 2. The molecule has 186 valence electrons. The maximum absolute atomic E-state index is 13.0. The zero-order chi connectivity index (χ0) is 24.2. The van der Waals surface area contributed by atoms with Crippen LogP contribution in [0.1, 0.15) is 25.3 Å². The SMILES string of the molecule is CCN(Cc1ccc2c(c1)OCCO2)C(=O)CN1CCC(C(=O)Nc2ccc3c(c2)OCO3)CC1. The molecule has 3 heterocycles. The first-order chi connectivity index (χ1) is 17.1. The van der Waals surface area contributed by atoms with Crippen LogP contribution in [0.25, 0.3) is 0 Å². The lowest BCUT2D eigenvalue weighted by Gasteiger charge is -2.32. The lowest BCUT2D eigenvalue weighted by atomic mass is 9.95. The van der Waals surface area contributed by atoms with E-state index in [0.717, 1.165) is 29.9 Å².